The topological polar surface area (TPSA) is 32.3 Å². The van der Waals surface area contributed by atoms with E-state index in [1.54, 1.807) is 6.07 Å². The fourth-order valence-corrected chi connectivity index (χ4v) is 3.12. The Kier molecular flexibility index (Phi) is 3.27. The van der Waals surface area contributed by atoms with E-state index in [9.17, 15) is 5.11 Å². The van der Waals surface area contributed by atoms with Crippen LogP contribution >= 0.6 is 0 Å². The van der Waals surface area contributed by atoms with E-state index in [-0.39, 0.29) is 6.04 Å². The van der Waals surface area contributed by atoms with Gasteiger partial charge in [0.15, 0.2) is 0 Å². The number of benzene rings is 2. The number of phenols is 1. The monoisotopic (exact) mass is 267 g/mol. The van der Waals surface area contributed by atoms with Gasteiger partial charge in [-0.1, -0.05) is 18.2 Å². The fourth-order valence-electron chi connectivity index (χ4n) is 3.12. The first-order valence-electron chi connectivity index (χ1n) is 7.19. The van der Waals surface area contributed by atoms with Crippen LogP contribution in [0.1, 0.15) is 39.4 Å². The average molecular weight is 267 g/mol. The minimum atomic E-state index is 0.235. The standard InChI is InChI=1S/C18H21NO/c1-11-8-13(3)17(9-12(11)2)18-16-5-4-15(20)10-14(16)6-7-19-18/h4-5,8-10,18-20H,6-7H2,1-3H3. The molecule has 2 aromatic carbocycles. The highest BCUT2D eigenvalue weighted by molar-refractivity contribution is 5.47. The van der Waals surface area contributed by atoms with Gasteiger partial charge in [-0.15, -0.1) is 0 Å². The van der Waals surface area contributed by atoms with Crippen LogP contribution in [0.2, 0.25) is 0 Å². The summed E-state index contributed by atoms with van der Waals surface area (Å²) in [6.45, 7) is 7.46. The van der Waals surface area contributed by atoms with Crippen molar-refractivity contribution in [1.29, 1.82) is 0 Å². The van der Waals surface area contributed by atoms with E-state index in [2.05, 4.69) is 44.3 Å². The van der Waals surface area contributed by atoms with Crippen molar-refractivity contribution >= 4 is 0 Å². The molecule has 0 aromatic heterocycles. The number of aromatic hydroxyl groups is 1. The van der Waals surface area contributed by atoms with Gasteiger partial charge in [-0.25, -0.2) is 0 Å². The van der Waals surface area contributed by atoms with Crippen molar-refractivity contribution in [3.05, 3.63) is 63.7 Å². The predicted molar refractivity (Wildman–Crippen MR) is 82.3 cm³/mol. The Hall–Kier alpha value is -1.80. The molecule has 2 N–H and O–H groups in total. The van der Waals surface area contributed by atoms with Crippen LogP contribution in [0.3, 0.4) is 0 Å². The van der Waals surface area contributed by atoms with Gasteiger partial charge in [0.1, 0.15) is 5.75 Å². The van der Waals surface area contributed by atoms with Gasteiger partial charge >= 0.3 is 0 Å². The quantitative estimate of drug-likeness (QED) is 0.828. The van der Waals surface area contributed by atoms with E-state index in [0.717, 1.165) is 13.0 Å². The maximum absolute atomic E-state index is 9.66. The minimum Gasteiger partial charge on any atom is -0.508 e. The van der Waals surface area contributed by atoms with Gasteiger partial charge in [-0.05, 0) is 72.7 Å². The molecule has 0 saturated carbocycles. The van der Waals surface area contributed by atoms with Crippen LogP contribution in [0.15, 0.2) is 30.3 Å². The molecule has 1 heterocycles. The number of hydrogen-bond acceptors (Lipinski definition) is 2. The first-order chi connectivity index (χ1) is 9.56. The summed E-state index contributed by atoms with van der Waals surface area (Å²) in [6.07, 6.45) is 0.976. The van der Waals surface area contributed by atoms with Crippen molar-refractivity contribution in [2.75, 3.05) is 6.54 Å². The second kappa shape index (κ2) is 4.95. The van der Waals surface area contributed by atoms with Gasteiger partial charge in [0.05, 0.1) is 6.04 Å². The lowest BCUT2D eigenvalue weighted by atomic mass is 9.86. The summed E-state index contributed by atoms with van der Waals surface area (Å²) in [4.78, 5) is 0. The molecule has 1 aliphatic heterocycles. The summed E-state index contributed by atoms with van der Waals surface area (Å²) in [5.74, 6) is 0.362. The van der Waals surface area contributed by atoms with Gasteiger partial charge in [0.2, 0.25) is 0 Å². The molecule has 0 spiro atoms. The van der Waals surface area contributed by atoms with Crippen molar-refractivity contribution in [2.24, 2.45) is 0 Å². The van der Waals surface area contributed by atoms with E-state index in [0.29, 0.717) is 5.75 Å². The highest BCUT2D eigenvalue weighted by Gasteiger charge is 2.23. The zero-order valence-corrected chi connectivity index (χ0v) is 12.3. The van der Waals surface area contributed by atoms with Gasteiger partial charge in [0, 0.05) is 6.54 Å². The van der Waals surface area contributed by atoms with Crippen LogP contribution in [0, 0.1) is 20.8 Å². The molecular formula is C18H21NO. The zero-order valence-electron chi connectivity index (χ0n) is 12.3. The molecule has 0 aliphatic carbocycles. The van der Waals surface area contributed by atoms with E-state index < -0.39 is 0 Å². The van der Waals surface area contributed by atoms with Crippen molar-refractivity contribution < 1.29 is 5.11 Å². The molecule has 20 heavy (non-hydrogen) atoms. The van der Waals surface area contributed by atoms with Gasteiger partial charge < -0.3 is 10.4 Å². The highest BCUT2D eigenvalue weighted by atomic mass is 16.3. The minimum absolute atomic E-state index is 0.235. The molecule has 104 valence electrons. The summed E-state index contributed by atoms with van der Waals surface area (Å²) < 4.78 is 0. The van der Waals surface area contributed by atoms with Crippen LogP contribution < -0.4 is 5.32 Å². The summed E-state index contributed by atoms with van der Waals surface area (Å²) >= 11 is 0. The van der Waals surface area contributed by atoms with Gasteiger partial charge in [-0.2, -0.15) is 0 Å². The second-order valence-electron chi connectivity index (χ2n) is 5.81. The maximum Gasteiger partial charge on any atom is 0.115 e. The Labute approximate surface area is 120 Å². The lowest BCUT2D eigenvalue weighted by molar-refractivity contribution is 0.471. The van der Waals surface area contributed by atoms with Crippen LogP contribution in [-0.4, -0.2) is 11.7 Å². The Morgan fingerprint density at radius 1 is 0.950 bits per heavy atom. The third-order valence-electron chi connectivity index (χ3n) is 4.37. The number of aryl methyl sites for hydroxylation is 3. The van der Waals surface area contributed by atoms with Gasteiger partial charge in [-0.3, -0.25) is 0 Å². The van der Waals surface area contributed by atoms with Crippen LogP contribution in [0.4, 0.5) is 0 Å². The summed E-state index contributed by atoms with van der Waals surface area (Å²) in [7, 11) is 0. The predicted octanol–water partition coefficient (Wildman–Crippen LogP) is 3.55. The molecule has 2 aromatic rings. The van der Waals surface area contributed by atoms with E-state index >= 15 is 0 Å². The molecule has 0 radical (unpaired) electrons. The Morgan fingerprint density at radius 3 is 2.50 bits per heavy atom. The largest absolute Gasteiger partial charge is 0.508 e. The molecule has 2 heteroatoms. The van der Waals surface area contributed by atoms with Crippen LogP contribution in [0.25, 0.3) is 0 Å². The van der Waals surface area contributed by atoms with Crippen molar-refractivity contribution in [3.63, 3.8) is 0 Å². The SMILES string of the molecule is Cc1cc(C)c(C2NCCc3cc(O)ccc32)cc1C. The summed E-state index contributed by atoms with van der Waals surface area (Å²) in [5, 5.41) is 13.3. The lowest BCUT2D eigenvalue weighted by Gasteiger charge is -2.29. The van der Waals surface area contributed by atoms with Crippen molar-refractivity contribution in [2.45, 2.75) is 33.2 Å². The summed E-state index contributed by atoms with van der Waals surface area (Å²) in [6, 6.07) is 10.5. The zero-order chi connectivity index (χ0) is 14.3. The smallest absolute Gasteiger partial charge is 0.115 e. The third-order valence-corrected chi connectivity index (χ3v) is 4.37. The highest BCUT2D eigenvalue weighted by Crippen LogP contribution is 2.33. The average Bonchev–Trinajstić information content (AvgIpc) is 2.42. The Bertz CT molecular complexity index is 661. The van der Waals surface area contributed by atoms with E-state index in [1.807, 2.05) is 6.07 Å². The first kappa shape index (κ1) is 13.2. The number of nitrogens with one attached hydrogen (secondary N) is 1. The second-order valence-corrected chi connectivity index (χ2v) is 5.81. The Morgan fingerprint density at radius 2 is 1.70 bits per heavy atom. The van der Waals surface area contributed by atoms with Crippen molar-refractivity contribution in [3.8, 4) is 5.75 Å². The van der Waals surface area contributed by atoms with Crippen molar-refractivity contribution in [1.82, 2.24) is 5.32 Å². The molecular weight excluding hydrogens is 246 g/mol. The molecule has 1 unspecified atom stereocenters. The molecule has 0 fully saturated rings. The maximum atomic E-state index is 9.66. The molecule has 0 bridgehead atoms. The fraction of sp³-hybridized carbons (Fsp3) is 0.333. The van der Waals surface area contributed by atoms with E-state index in [1.165, 1.54) is 33.4 Å². The number of fused-ring (bicyclic) bond motifs is 1. The lowest BCUT2D eigenvalue weighted by Crippen LogP contribution is -2.31. The van der Waals surface area contributed by atoms with Crippen LogP contribution in [-0.2, 0) is 6.42 Å². The number of hydrogen-bond donors (Lipinski definition) is 2. The molecule has 3 rings (SSSR count). The molecule has 2 nitrogen and oxygen atoms in total. The third kappa shape index (κ3) is 2.20. The molecule has 0 saturated heterocycles. The first-order valence-corrected chi connectivity index (χ1v) is 7.19. The summed E-state index contributed by atoms with van der Waals surface area (Å²) in [5.41, 5.74) is 7.89. The normalized spacial score (nSPS) is 17.9. The molecule has 1 aliphatic rings. The van der Waals surface area contributed by atoms with E-state index in [4.69, 9.17) is 0 Å². The molecule has 1 atom stereocenters. The number of phenolic OH excluding ortho intramolecular Hbond substituents is 1. The Balaban J connectivity index is 2.11. The molecule has 0 amide bonds. The van der Waals surface area contributed by atoms with Gasteiger partial charge in [0.25, 0.3) is 0 Å². The number of rotatable bonds is 1. The van der Waals surface area contributed by atoms with Crippen LogP contribution in [0.5, 0.6) is 5.75 Å².